The predicted molar refractivity (Wildman–Crippen MR) is 55.7 cm³/mol. The van der Waals surface area contributed by atoms with Gasteiger partial charge in [0, 0.05) is 0 Å². The van der Waals surface area contributed by atoms with Gasteiger partial charge in [-0.3, -0.25) is 0 Å². The SMILES string of the molecule is COc1ccc(OC(=O)OCCCl)cc1. The largest absolute Gasteiger partial charge is 0.513 e. The van der Waals surface area contributed by atoms with Crippen molar-refractivity contribution in [2.24, 2.45) is 0 Å². The first-order valence-electron chi connectivity index (χ1n) is 4.31. The van der Waals surface area contributed by atoms with Crippen molar-refractivity contribution in [2.75, 3.05) is 19.6 Å². The number of carbonyl (C=O) groups excluding carboxylic acids is 1. The van der Waals surface area contributed by atoms with Crippen molar-refractivity contribution in [3.8, 4) is 11.5 Å². The van der Waals surface area contributed by atoms with E-state index in [9.17, 15) is 4.79 Å². The average Bonchev–Trinajstić information content (AvgIpc) is 2.27. The molecular formula is C10H11ClO4. The van der Waals surface area contributed by atoms with Gasteiger partial charge in [0.25, 0.3) is 0 Å². The standard InChI is InChI=1S/C10H11ClO4/c1-13-8-2-4-9(5-3-8)15-10(12)14-7-6-11/h2-5H,6-7H2,1H3. The highest BCUT2D eigenvalue weighted by atomic mass is 35.5. The molecule has 15 heavy (non-hydrogen) atoms. The monoisotopic (exact) mass is 230 g/mol. The van der Waals surface area contributed by atoms with Crippen LogP contribution in [0, 0.1) is 0 Å². The van der Waals surface area contributed by atoms with Crippen LogP contribution >= 0.6 is 11.6 Å². The molecule has 4 nitrogen and oxygen atoms in total. The van der Waals surface area contributed by atoms with Crippen molar-refractivity contribution in [2.45, 2.75) is 0 Å². The molecule has 0 aliphatic rings. The number of benzene rings is 1. The third-order valence-corrected chi connectivity index (χ3v) is 1.71. The summed E-state index contributed by atoms with van der Waals surface area (Å²) in [4.78, 5) is 11.0. The van der Waals surface area contributed by atoms with E-state index in [2.05, 4.69) is 4.74 Å². The Balaban J connectivity index is 2.46. The summed E-state index contributed by atoms with van der Waals surface area (Å²) >= 11 is 5.34. The van der Waals surface area contributed by atoms with Crippen molar-refractivity contribution in [3.63, 3.8) is 0 Å². The van der Waals surface area contributed by atoms with Crippen LogP contribution in [0.4, 0.5) is 4.79 Å². The Morgan fingerprint density at radius 3 is 2.40 bits per heavy atom. The van der Waals surface area contributed by atoms with Gasteiger partial charge in [0.1, 0.15) is 18.1 Å². The van der Waals surface area contributed by atoms with E-state index in [1.807, 2.05) is 0 Å². The molecule has 0 heterocycles. The minimum atomic E-state index is -0.763. The van der Waals surface area contributed by atoms with Gasteiger partial charge in [0.05, 0.1) is 13.0 Å². The van der Waals surface area contributed by atoms with E-state index in [4.69, 9.17) is 21.1 Å². The minimum absolute atomic E-state index is 0.135. The molecule has 0 bridgehead atoms. The number of carbonyl (C=O) groups is 1. The van der Waals surface area contributed by atoms with Gasteiger partial charge in [-0.2, -0.15) is 0 Å². The van der Waals surface area contributed by atoms with Crippen molar-refractivity contribution in [1.29, 1.82) is 0 Å². The molecule has 0 saturated heterocycles. The van der Waals surface area contributed by atoms with Crippen LogP contribution in [0.2, 0.25) is 0 Å². The van der Waals surface area contributed by atoms with Crippen molar-refractivity contribution >= 4 is 17.8 Å². The van der Waals surface area contributed by atoms with E-state index in [1.54, 1.807) is 31.4 Å². The zero-order valence-electron chi connectivity index (χ0n) is 8.23. The molecule has 82 valence electrons. The minimum Gasteiger partial charge on any atom is -0.497 e. The molecule has 0 atom stereocenters. The summed E-state index contributed by atoms with van der Waals surface area (Å²) in [7, 11) is 1.56. The van der Waals surface area contributed by atoms with Crippen LogP contribution in [-0.2, 0) is 4.74 Å². The van der Waals surface area contributed by atoms with Gasteiger partial charge < -0.3 is 14.2 Å². The van der Waals surface area contributed by atoms with Gasteiger partial charge >= 0.3 is 6.16 Å². The van der Waals surface area contributed by atoms with Gasteiger partial charge in [-0.15, -0.1) is 11.6 Å². The molecule has 0 aliphatic carbocycles. The Labute approximate surface area is 92.7 Å². The average molecular weight is 231 g/mol. The van der Waals surface area contributed by atoms with Gasteiger partial charge in [0.2, 0.25) is 0 Å². The number of halogens is 1. The number of methoxy groups -OCH3 is 1. The smallest absolute Gasteiger partial charge is 0.497 e. The lowest BCUT2D eigenvalue weighted by Gasteiger charge is -2.05. The number of ether oxygens (including phenoxy) is 3. The van der Waals surface area contributed by atoms with Crippen LogP contribution < -0.4 is 9.47 Å². The summed E-state index contributed by atoms with van der Waals surface area (Å²) in [5.74, 6) is 1.34. The number of rotatable bonds is 4. The Morgan fingerprint density at radius 1 is 1.27 bits per heavy atom. The molecule has 0 unspecified atom stereocenters. The number of alkyl halides is 1. The quantitative estimate of drug-likeness (QED) is 0.453. The molecule has 1 aromatic carbocycles. The molecule has 5 heteroatoms. The fraction of sp³-hybridized carbons (Fsp3) is 0.300. The van der Waals surface area contributed by atoms with Crippen LogP contribution in [0.25, 0.3) is 0 Å². The summed E-state index contributed by atoms with van der Waals surface area (Å²) < 4.78 is 14.4. The maximum absolute atomic E-state index is 11.0. The summed E-state index contributed by atoms with van der Waals surface area (Å²) in [6.07, 6.45) is -0.763. The molecule has 0 N–H and O–H groups in total. The third-order valence-electron chi connectivity index (χ3n) is 1.56. The zero-order chi connectivity index (χ0) is 11.1. The van der Waals surface area contributed by atoms with Crippen molar-refractivity contribution < 1.29 is 19.0 Å². The number of hydrogen-bond donors (Lipinski definition) is 0. The maximum atomic E-state index is 11.0. The molecule has 0 amide bonds. The molecular weight excluding hydrogens is 220 g/mol. The Bertz CT molecular complexity index is 310. The lowest BCUT2D eigenvalue weighted by Crippen LogP contribution is -2.11. The molecule has 1 aromatic rings. The van der Waals surface area contributed by atoms with Gasteiger partial charge in [0.15, 0.2) is 0 Å². The predicted octanol–water partition coefficient (Wildman–Crippen LogP) is 2.45. The second kappa shape index (κ2) is 6.14. The van der Waals surface area contributed by atoms with Gasteiger partial charge in [-0.1, -0.05) is 0 Å². The maximum Gasteiger partial charge on any atom is 0.513 e. The zero-order valence-corrected chi connectivity index (χ0v) is 8.99. The van der Waals surface area contributed by atoms with Crippen LogP contribution in [0.15, 0.2) is 24.3 Å². The first kappa shape index (κ1) is 11.7. The summed E-state index contributed by atoms with van der Waals surface area (Å²) in [6, 6.07) is 6.59. The number of hydrogen-bond acceptors (Lipinski definition) is 4. The first-order chi connectivity index (χ1) is 7.26. The molecule has 0 fully saturated rings. The lowest BCUT2D eigenvalue weighted by molar-refractivity contribution is 0.105. The van der Waals surface area contributed by atoms with Crippen molar-refractivity contribution in [1.82, 2.24) is 0 Å². The molecule has 0 saturated carbocycles. The normalized spacial score (nSPS) is 9.47. The van der Waals surface area contributed by atoms with Gasteiger partial charge in [-0.05, 0) is 24.3 Å². The van der Waals surface area contributed by atoms with Crippen molar-refractivity contribution in [3.05, 3.63) is 24.3 Å². The molecule has 0 aromatic heterocycles. The Kier molecular flexibility index (Phi) is 4.77. The van der Waals surface area contributed by atoms with Crippen LogP contribution in [0.3, 0.4) is 0 Å². The van der Waals surface area contributed by atoms with E-state index in [0.717, 1.165) is 0 Å². The lowest BCUT2D eigenvalue weighted by atomic mass is 10.3. The Hall–Kier alpha value is -1.42. The second-order valence-electron chi connectivity index (χ2n) is 2.57. The summed E-state index contributed by atoms with van der Waals surface area (Å²) in [5, 5.41) is 0. The molecule has 1 rings (SSSR count). The van der Waals surface area contributed by atoms with Crippen LogP contribution in [0.1, 0.15) is 0 Å². The molecule has 0 radical (unpaired) electrons. The second-order valence-corrected chi connectivity index (χ2v) is 2.94. The fourth-order valence-corrected chi connectivity index (χ4v) is 0.969. The fourth-order valence-electron chi connectivity index (χ4n) is 0.891. The van der Waals surface area contributed by atoms with Crippen LogP contribution in [-0.4, -0.2) is 25.8 Å². The Morgan fingerprint density at radius 2 is 1.87 bits per heavy atom. The summed E-state index contributed by atoms with van der Waals surface area (Å²) in [6.45, 7) is 0.135. The van der Waals surface area contributed by atoms with E-state index in [1.165, 1.54) is 0 Å². The van der Waals surface area contributed by atoms with E-state index < -0.39 is 6.16 Å². The third kappa shape index (κ3) is 4.08. The van der Waals surface area contributed by atoms with E-state index in [0.29, 0.717) is 11.5 Å². The van der Waals surface area contributed by atoms with E-state index in [-0.39, 0.29) is 12.5 Å². The first-order valence-corrected chi connectivity index (χ1v) is 4.84. The highest BCUT2D eigenvalue weighted by molar-refractivity contribution is 6.18. The van der Waals surface area contributed by atoms with E-state index >= 15 is 0 Å². The highest BCUT2D eigenvalue weighted by Gasteiger charge is 2.04. The van der Waals surface area contributed by atoms with Crippen LogP contribution in [0.5, 0.6) is 11.5 Å². The van der Waals surface area contributed by atoms with Gasteiger partial charge in [-0.25, -0.2) is 4.79 Å². The highest BCUT2D eigenvalue weighted by Crippen LogP contribution is 2.17. The topological polar surface area (TPSA) is 44.8 Å². The molecule has 0 aliphatic heterocycles. The molecule has 0 spiro atoms. The summed E-state index contributed by atoms with van der Waals surface area (Å²) in [5.41, 5.74) is 0.